The molecule has 0 saturated carbocycles. The van der Waals surface area contributed by atoms with Gasteiger partial charge in [-0.3, -0.25) is 0 Å². The van der Waals surface area contributed by atoms with E-state index in [1.54, 1.807) is 19.2 Å². The Morgan fingerprint density at radius 1 is 0.712 bits per heavy atom. The molecule has 0 bridgehead atoms. The van der Waals surface area contributed by atoms with E-state index in [4.69, 9.17) is 70.8 Å². The highest BCUT2D eigenvalue weighted by atomic mass is 35.5. The van der Waals surface area contributed by atoms with Gasteiger partial charge in [0.2, 0.25) is 0 Å². The smallest absolute Gasteiger partial charge is 0.296 e. The molecule has 0 radical (unpaired) electrons. The van der Waals surface area contributed by atoms with Crippen LogP contribution in [-0.4, -0.2) is 138 Å². The minimum atomic E-state index is -0.651. The van der Waals surface area contributed by atoms with Gasteiger partial charge >= 0.3 is 0 Å². The predicted molar refractivity (Wildman–Crippen MR) is 266 cm³/mol. The summed E-state index contributed by atoms with van der Waals surface area (Å²) in [7, 11) is 1.63. The van der Waals surface area contributed by atoms with Crippen molar-refractivity contribution in [3.63, 3.8) is 0 Å². The average Bonchev–Trinajstić information content (AvgIpc) is 4.25. The van der Waals surface area contributed by atoms with Crippen molar-refractivity contribution >= 4 is 51.6 Å². The second kappa shape index (κ2) is 21.7. The standard InChI is InChI=1S/C27H29ClFN3O4.C26H29ClFN3O6/c1-14-12-34-25-22(13-35-24(14)25)36-27-31-21-11-18(28)20(30-26(21)32-27)10-17-6-5-16-8-15(4-3-7-33-2)9-19(29)23(16)17;1-2-33-5-6-34-15-7-13-3-4-14(22(13)17(28)9-15)8-18-16(27)10-19-25(29-18)31-26(30-19)37-21-12-36-23-20(32)11-35-24(21)23/h3-4,8-9,11,14,17,22,24-25H,5-7,10,12-13H2,1-2H3,(H,30,31,32);7,9-10,14,20-21,23-24,32H,2-6,8,11-12H2,1H3,(H,29,30,31)/b4-3+;/t14-,17?,22-,24-,25-;14?,20-,21-,23-,24-/m11/s1. The second-order valence-electron chi connectivity index (χ2n) is 19.5. The molecule has 2 unspecified atom stereocenters. The Morgan fingerprint density at radius 3 is 1.92 bits per heavy atom. The molecule has 0 spiro atoms. The van der Waals surface area contributed by atoms with Gasteiger partial charge in [-0.05, 0) is 109 Å². The van der Waals surface area contributed by atoms with Crippen LogP contribution in [0.2, 0.25) is 10.0 Å². The number of nitrogens with one attached hydrogen (secondary N) is 2. The Morgan fingerprint density at radius 2 is 1.29 bits per heavy atom. The summed E-state index contributed by atoms with van der Waals surface area (Å²) in [5.41, 5.74) is 8.02. The first-order valence-corrected chi connectivity index (χ1v) is 25.8. The summed E-state index contributed by atoms with van der Waals surface area (Å²) < 4.78 is 81.2. The lowest BCUT2D eigenvalue weighted by molar-refractivity contribution is 0.00706. The number of fused-ring (bicyclic) bond motifs is 6. The molecule has 10 atom stereocenters. The summed E-state index contributed by atoms with van der Waals surface area (Å²) in [6.07, 6.45) is 6.05. The lowest BCUT2D eigenvalue weighted by Gasteiger charge is -2.15. The zero-order chi connectivity index (χ0) is 50.3. The van der Waals surface area contributed by atoms with Gasteiger partial charge in [0.1, 0.15) is 48.4 Å². The zero-order valence-electron chi connectivity index (χ0n) is 40.7. The number of aliphatic hydroxyl groups is 1. The Balaban J connectivity index is 0.000000157. The summed E-state index contributed by atoms with van der Waals surface area (Å²) in [6, 6.07) is 11.3. The highest BCUT2D eigenvalue weighted by molar-refractivity contribution is 6.32. The van der Waals surface area contributed by atoms with Crippen LogP contribution >= 0.6 is 23.2 Å². The van der Waals surface area contributed by atoms with Gasteiger partial charge in [0, 0.05) is 25.7 Å². The van der Waals surface area contributed by atoms with Gasteiger partial charge in [-0.25, -0.2) is 18.7 Å². The number of methoxy groups -OCH3 is 1. The molecule has 16 nitrogen and oxygen atoms in total. The molecule has 4 aliphatic heterocycles. The number of pyridine rings is 2. The maximum Gasteiger partial charge on any atom is 0.296 e. The van der Waals surface area contributed by atoms with Crippen LogP contribution in [0.5, 0.6) is 17.8 Å². The Hall–Kier alpha value is -5.02. The van der Waals surface area contributed by atoms with Gasteiger partial charge in [0.05, 0.1) is 78.2 Å². The molecule has 4 aromatic heterocycles. The maximum absolute atomic E-state index is 15.1. The van der Waals surface area contributed by atoms with E-state index >= 15 is 8.78 Å². The molecular formula is C53H58Cl2F2N6O10. The highest BCUT2D eigenvalue weighted by Crippen LogP contribution is 2.42. The van der Waals surface area contributed by atoms with Gasteiger partial charge in [-0.15, -0.1) is 0 Å². The Bertz CT molecular complexity index is 3000. The number of aryl methyl sites for hydroxylation is 2. The number of rotatable bonds is 16. The number of halogens is 4. The number of benzene rings is 2. The van der Waals surface area contributed by atoms with Crippen molar-refractivity contribution in [1.29, 1.82) is 0 Å². The third-order valence-corrected chi connectivity index (χ3v) is 15.3. The van der Waals surface area contributed by atoms with Crippen LogP contribution < -0.4 is 14.2 Å². The summed E-state index contributed by atoms with van der Waals surface area (Å²) >= 11 is 13.2. The maximum atomic E-state index is 15.1. The molecule has 3 N–H and O–H groups in total. The quantitative estimate of drug-likeness (QED) is 0.0788. The largest absolute Gasteiger partial charge is 0.491 e. The van der Waals surface area contributed by atoms with Gasteiger partial charge < -0.3 is 57.7 Å². The molecular weight excluding hydrogens is 990 g/mol. The number of aromatic nitrogens is 6. The molecule has 20 heteroatoms. The fourth-order valence-electron chi connectivity index (χ4n) is 11.2. The lowest BCUT2D eigenvalue weighted by atomic mass is 9.94. The van der Waals surface area contributed by atoms with Crippen LogP contribution in [-0.2, 0) is 54.1 Å². The number of ether oxygens (including phenoxy) is 9. The van der Waals surface area contributed by atoms with E-state index in [2.05, 4.69) is 37.9 Å². The molecule has 6 aliphatic rings. The fraction of sp³-hybridized carbons (Fsp3) is 0.509. The van der Waals surface area contributed by atoms with Crippen molar-refractivity contribution in [3.05, 3.63) is 103 Å². The number of imidazole rings is 2. The molecule has 2 aromatic carbocycles. The normalized spacial score (nSPS) is 26.9. The summed E-state index contributed by atoms with van der Waals surface area (Å²) in [5, 5.41) is 10.9. The van der Waals surface area contributed by atoms with Crippen molar-refractivity contribution in [1.82, 2.24) is 29.9 Å². The minimum Gasteiger partial charge on any atom is -0.491 e. The number of H-pyrrole nitrogens is 2. The molecule has 73 heavy (non-hydrogen) atoms. The molecule has 4 fully saturated rings. The Kier molecular flexibility index (Phi) is 14.9. The first kappa shape index (κ1) is 50.2. The molecule has 12 rings (SSSR count). The topological polar surface area (TPSA) is 186 Å². The third-order valence-electron chi connectivity index (χ3n) is 14.6. The van der Waals surface area contributed by atoms with Crippen molar-refractivity contribution < 1.29 is 56.5 Å². The van der Waals surface area contributed by atoms with Crippen LogP contribution in [0.15, 0.2) is 42.5 Å². The molecule has 8 heterocycles. The van der Waals surface area contributed by atoms with Crippen LogP contribution in [0.3, 0.4) is 0 Å². The predicted octanol–water partition coefficient (Wildman–Crippen LogP) is 8.21. The highest BCUT2D eigenvalue weighted by Gasteiger charge is 2.49. The van der Waals surface area contributed by atoms with Crippen molar-refractivity contribution in [2.24, 2.45) is 5.92 Å². The van der Waals surface area contributed by atoms with E-state index in [1.807, 2.05) is 31.2 Å². The molecule has 4 saturated heterocycles. The number of nitrogens with zero attached hydrogens (tertiary/aromatic N) is 4. The van der Waals surface area contributed by atoms with Crippen LogP contribution in [0.1, 0.15) is 77.7 Å². The first-order chi connectivity index (χ1) is 35.5. The number of aliphatic hydroxyl groups excluding tert-OH is 1. The number of hydrogen-bond donors (Lipinski definition) is 3. The van der Waals surface area contributed by atoms with E-state index in [0.717, 1.165) is 47.9 Å². The molecule has 0 amide bonds. The van der Waals surface area contributed by atoms with E-state index < -0.39 is 6.10 Å². The van der Waals surface area contributed by atoms with Crippen molar-refractivity contribution in [2.75, 3.05) is 60.0 Å². The van der Waals surface area contributed by atoms with Gasteiger partial charge in [-0.2, -0.15) is 9.97 Å². The first-order valence-electron chi connectivity index (χ1n) is 25.1. The van der Waals surface area contributed by atoms with E-state index in [9.17, 15) is 5.11 Å². The van der Waals surface area contributed by atoms with Crippen molar-refractivity contribution in [2.45, 2.75) is 107 Å². The SMILES string of the molecule is CCOCCOc1cc(F)c2c(c1)CCC2Cc1nc2nc(O[C@@H]3CO[C@H]4[C@@H]3OC[C@H]4O)[nH]c2cc1Cl.COC/C=C/c1cc(F)c2c(c1)CCC2Cc1nc2nc(O[C@@H]3CO[C@H]4[C@@H]3OC[C@H]4C)[nH]c2cc1Cl. The van der Waals surface area contributed by atoms with E-state index in [-0.39, 0.29) is 72.7 Å². The molecule has 388 valence electrons. The fourth-order valence-corrected chi connectivity index (χ4v) is 11.6. The van der Waals surface area contributed by atoms with Crippen molar-refractivity contribution in [3.8, 4) is 17.8 Å². The lowest BCUT2D eigenvalue weighted by Crippen LogP contribution is -2.34. The van der Waals surface area contributed by atoms with Crippen LogP contribution in [0.25, 0.3) is 28.4 Å². The number of aromatic amines is 2. The second-order valence-corrected chi connectivity index (χ2v) is 20.4. The van der Waals surface area contributed by atoms with E-state index in [0.29, 0.717) is 126 Å². The third kappa shape index (κ3) is 10.5. The summed E-state index contributed by atoms with van der Waals surface area (Å²) in [6.45, 7) is 7.67. The van der Waals surface area contributed by atoms with Gasteiger partial charge in [-0.1, -0.05) is 48.3 Å². The summed E-state index contributed by atoms with van der Waals surface area (Å²) in [5.74, 6) is 0.406. The van der Waals surface area contributed by atoms with Crippen LogP contribution in [0, 0.1) is 17.6 Å². The molecule has 6 aromatic rings. The average molecular weight is 1050 g/mol. The molecule has 2 aliphatic carbocycles. The van der Waals surface area contributed by atoms with E-state index in [1.165, 1.54) is 6.07 Å². The number of hydrogen-bond acceptors (Lipinski definition) is 14. The van der Waals surface area contributed by atoms with Gasteiger partial charge in [0.15, 0.2) is 23.5 Å². The monoisotopic (exact) mass is 1050 g/mol. The summed E-state index contributed by atoms with van der Waals surface area (Å²) in [4.78, 5) is 24.7. The Labute approximate surface area is 430 Å². The zero-order valence-corrected chi connectivity index (χ0v) is 42.2. The van der Waals surface area contributed by atoms with Gasteiger partial charge in [0.25, 0.3) is 12.0 Å². The minimum absolute atomic E-state index is 0.0168. The van der Waals surface area contributed by atoms with Crippen LogP contribution in [0.4, 0.5) is 8.78 Å².